The molecule has 20 heavy (non-hydrogen) atoms. The maximum Gasteiger partial charge on any atom is 0.323 e. The Bertz CT molecular complexity index is 789. The van der Waals surface area contributed by atoms with Crippen LogP contribution in [-0.4, -0.2) is 16.5 Å². The molecule has 1 unspecified atom stereocenters. The van der Waals surface area contributed by atoms with Crippen molar-refractivity contribution in [2.75, 3.05) is 6.54 Å². The van der Waals surface area contributed by atoms with Crippen molar-refractivity contribution in [3.05, 3.63) is 54.1 Å². The molecule has 0 spiro atoms. The van der Waals surface area contributed by atoms with Gasteiger partial charge in [0.05, 0.1) is 20.0 Å². The van der Waals surface area contributed by atoms with Crippen molar-refractivity contribution < 1.29 is 0 Å². The van der Waals surface area contributed by atoms with Gasteiger partial charge in [0.1, 0.15) is 0 Å². The second kappa shape index (κ2) is 5.71. The van der Waals surface area contributed by atoms with E-state index in [1.165, 1.54) is 8.45 Å². The summed E-state index contributed by atoms with van der Waals surface area (Å²) in [7, 11) is 0. The number of rotatable bonds is 4. The van der Waals surface area contributed by atoms with Gasteiger partial charge in [-0.15, -0.1) is 11.3 Å². The SMILES string of the molecule is CCNC(c1csc(I)c1)c1ccc2[nH]c(=O)[nH]c2c1. The lowest BCUT2D eigenvalue weighted by atomic mass is 10.0. The quantitative estimate of drug-likeness (QED) is 0.590. The molecule has 0 fully saturated rings. The van der Waals surface area contributed by atoms with Gasteiger partial charge < -0.3 is 15.3 Å². The van der Waals surface area contributed by atoms with E-state index in [1.54, 1.807) is 11.3 Å². The minimum absolute atomic E-state index is 0.155. The Morgan fingerprint density at radius 3 is 2.75 bits per heavy atom. The Morgan fingerprint density at radius 1 is 1.25 bits per heavy atom. The van der Waals surface area contributed by atoms with Crippen LogP contribution in [0.25, 0.3) is 11.0 Å². The molecule has 0 saturated carbocycles. The topological polar surface area (TPSA) is 60.7 Å². The summed E-state index contributed by atoms with van der Waals surface area (Å²) in [6, 6.07) is 8.39. The Hall–Kier alpha value is -1.12. The standard InChI is InChI=1S/C14H14IN3OS/c1-2-16-13(9-6-12(15)20-7-9)8-3-4-10-11(5-8)18-14(19)17-10/h3-7,13,16H,2H2,1H3,(H2,17,18,19). The number of hydrogen-bond acceptors (Lipinski definition) is 3. The largest absolute Gasteiger partial charge is 0.323 e. The van der Waals surface area contributed by atoms with Crippen LogP contribution in [0.15, 0.2) is 34.4 Å². The van der Waals surface area contributed by atoms with Gasteiger partial charge in [-0.1, -0.05) is 13.0 Å². The average Bonchev–Trinajstić information content (AvgIpc) is 3.00. The number of thiophene rings is 1. The van der Waals surface area contributed by atoms with E-state index in [1.807, 2.05) is 12.1 Å². The number of fused-ring (bicyclic) bond motifs is 1. The Morgan fingerprint density at radius 2 is 2.05 bits per heavy atom. The second-order valence-electron chi connectivity index (χ2n) is 4.56. The van der Waals surface area contributed by atoms with E-state index in [9.17, 15) is 4.79 Å². The van der Waals surface area contributed by atoms with E-state index < -0.39 is 0 Å². The van der Waals surface area contributed by atoms with Crippen LogP contribution in [0.3, 0.4) is 0 Å². The first kappa shape index (κ1) is 13.8. The molecule has 4 nitrogen and oxygen atoms in total. The average molecular weight is 399 g/mol. The zero-order valence-corrected chi connectivity index (χ0v) is 13.8. The minimum Gasteiger partial charge on any atom is -0.307 e. The van der Waals surface area contributed by atoms with E-state index in [0.29, 0.717) is 0 Å². The molecule has 0 bridgehead atoms. The first-order valence-corrected chi connectivity index (χ1v) is 8.32. The van der Waals surface area contributed by atoms with Crippen molar-refractivity contribution in [3.8, 4) is 0 Å². The fraction of sp³-hybridized carbons (Fsp3) is 0.214. The molecule has 3 rings (SSSR count). The highest BCUT2D eigenvalue weighted by Gasteiger charge is 2.15. The number of aromatic nitrogens is 2. The van der Waals surface area contributed by atoms with Gasteiger partial charge in [0.25, 0.3) is 0 Å². The fourth-order valence-corrected chi connectivity index (χ4v) is 3.73. The van der Waals surface area contributed by atoms with Crippen LogP contribution in [0.1, 0.15) is 24.1 Å². The molecule has 1 atom stereocenters. The second-order valence-corrected chi connectivity index (χ2v) is 7.36. The van der Waals surface area contributed by atoms with E-state index >= 15 is 0 Å². The van der Waals surface area contributed by atoms with Crippen LogP contribution in [0, 0.1) is 2.88 Å². The van der Waals surface area contributed by atoms with Crippen molar-refractivity contribution >= 4 is 45.0 Å². The summed E-state index contributed by atoms with van der Waals surface area (Å²) in [6.45, 7) is 2.99. The fourth-order valence-electron chi connectivity index (χ4n) is 2.34. The lowest BCUT2D eigenvalue weighted by molar-refractivity contribution is 0.633. The third-order valence-corrected chi connectivity index (χ3v) is 5.01. The van der Waals surface area contributed by atoms with Gasteiger partial charge in [-0.2, -0.15) is 0 Å². The van der Waals surface area contributed by atoms with Crippen molar-refractivity contribution in [2.24, 2.45) is 0 Å². The van der Waals surface area contributed by atoms with Crippen LogP contribution in [-0.2, 0) is 0 Å². The molecular formula is C14H14IN3OS. The number of halogens is 1. The predicted octanol–water partition coefficient (Wildman–Crippen LogP) is 3.22. The normalized spacial score (nSPS) is 12.9. The molecule has 6 heteroatoms. The van der Waals surface area contributed by atoms with E-state index in [4.69, 9.17) is 0 Å². The third-order valence-electron chi connectivity index (χ3n) is 3.20. The summed E-state index contributed by atoms with van der Waals surface area (Å²) in [4.78, 5) is 16.9. The van der Waals surface area contributed by atoms with E-state index in [2.05, 4.69) is 62.3 Å². The summed E-state index contributed by atoms with van der Waals surface area (Å²) >= 11 is 4.08. The summed E-state index contributed by atoms with van der Waals surface area (Å²) in [5.74, 6) is 0. The van der Waals surface area contributed by atoms with Gasteiger partial charge in [-0.25, -0.2) is 4.79 Å². The molecule has 0 radical (unpaired) electrons. The smallest absolute Gasteiger partial charge is 0.307 e. The van der Waals surface area contributed by atoms with Crippen LogP contribution >= 0.6 is 33.9 Å². The van der Waals surface area contributed by atoms with Crippen molar-refractivity contribution in [1.29, 1.82) is 0 Å². The van der Waals surface area contributed by atoms with E-state index in [0.717, 1.165) is 23.1 Å². The summed E-state index contributed by atoms with van der Waals surface area (Å²) in [5.41, 5.74) is 3.94. The van der Waals surface area contributed by atoms with Gasteiger partial charge in [0.15, 0.2) is 0 Å². The molecule has 104 valence electrons. The molecule has 2 aromatic heterocycles. The predicted molar refractivity (Wildman–Crippen MR) is 91.5 cm³/mol. The third kappa shape index (κ3) is 2.68. The molecule has 3 aromatic rings. The maximum atomic E-state index is 11.3. The molecule has 0 amide bonds. The molecule has 0 aliphatic heterocycles. The highest BCUT2D eigenvalue weighted by Crippen LogP contribution is 2.28. The minimum atomic E-state index is -0.165. The molecule has 0 saturated heterocycles. The number of H-pyrrole nitrogens is 2. The van der Waals surface area contributed by atoms with Gasteiger partial charge >= 0.3 is 5.69 Å². The van der Waals surface area contributed by atoms with Gasteiger partial charge in [0.2, 0.25) is 0 Å². The highest BCUT2D eigenvalue weighted by atomic mass is 127. The van der Waals surface area contributed by atoms with Gasteiger partial charge in [0, 0.05) is 0 Å². The molecule has 0 aliphatic rings. The number of hydrogen-bond donors (Lipinski definition) is 3. The lowest BCUT2D eigenvalue weighted by Crippen LogP contribution is -2.21. The summed E-state index contributed by atoms with van der Waals surface area (Å²) in [5, 5.41) is 5.68. The molecular weight excluding hydrogens is 385 g/mol. The molecule has 0 aliphatic carbocycles. The maximum absolute atomic E-state index is 11.3. The number of nitrogens with one attached hydrogen (secondary N) is 3. The Balaban J connectivity index is 2.06. The molecule has 2 heterocycles. The van der Waals surface area contributed by atoms with Crippen LogP contribution in [0.4, 0.5) is 0 Å². The zero-order chi connectivity index (χ0) is 14.1. The van der Waals surface area contributed by atoms with Crippen LogP contribution < -0.4 is 11.0 Å². The number of aromatic amines is 2. The summed E-state index contributed by atoms with van der Waals surface area (Å²) in [6.07, 6.45) is 0. The van der Waals surface area contributed by atoms with E-state index in [-0.39, 0.29) is 11.7 Å². The Labute approximate surface area is 133 Å². The molecule has 1 aromatic carbocycles. The van der Waals surface area contributed by atoms with Crippen LogP contribution in [0.2, 0.25) is 0 Å². The zero-order valence-electron chi connectivity index (χ0n) is 10.9. The first-order valence-electron chi connectivity index (χ1n) is 6.36. The van der Waals surface area contributed by atoms with Gasteiger partial charge in [-0.3, -0.25) is 0 Å². The number of benzene rings is 1. The first-order chi connectivity index (χ1) is 9.67. The Kier molecular flexibility index (Phi) is 3.95. The van der Waals surface area contributed by atoms with Crippen LogP contribution in [0.5, 0.6) is 0 Å². The highest BCUT2D eigenvalue weighted by molar-refractivity contribution is 14.1. The van der Waals surface area contributed by atoms with Crippen molar-refractivity contribution in [1.82, 2.24) is 15.3 Å². The number of imidazole rings is 1. The van der Waals surface area contributed by atoms with Crippen molar-refractivity contribution in [3.63, 3.8) is 0 Å². The monoisotopic (exact) mass is 399 g/mol. The molecule has 3 N–H and O–H groups in total. The van der Waals surface area contributed by atoms with Crippen molar-refractivity contribution in [2.45, 2.75) is 13.0 Å². The lowest BCUT2D eigenvalue weighted by Gasteiger charge is -2.17. The summed E-state index contributed by atoms with van der Waals surface area (Å²) < 4.78 is 1.27. The van der Waals surface area contributed by atoms with Gasteiger partial charge in [-0.05, 0) is 63.8 Å².